The molecule has 0 fully saturated rings. The molecule has 6 nitrogen and oxygen atoms in total. The van der Waals surface area contributed by atoms with Crippen LogP contribution in [0.5, 0.6) is 5.75 Å². The maximum Gasteiger partial charge on any atom is 0.291 e. The van der Waals surface area contributed by atoms with Gasteiger partial charge in [0.05, 0.1) is 6.54 Å². The van der Waals surface area contributed by atoms with Crippen molar-refractivity contribution in [2.45, 2.75) is 13.2 Å². The monoisotopic (exact) mass is 423 g/mol. The first-order chi connectivity index (χ1) is 15.8. The lowest BCUT2D eigenvalue weighted by Crippen LogP contribution is -2.14. The Morgan fingerprint density at radius 2 is 1.72 bits per heavy atom. The average Bonchev–Trinajstić information content (AvgIpc) is 3.47. The summed E-state index contributed by atoms with van der Waals surface area (Å²) >= 11 is 0. The molecule has 158 valence electrons. The fourth-order valence-corrected chi connectivity index (χ4v) is 3.56. The molecule has 1 amide bonds. The number of benzene rings is 3. The molecule has 6 heteroatoms. The predicted molar refractivity (Wildman–Crippen MR) is 123 cm³/mol. The number of fused-ring (bicyclic) bond motifs is 1. The van der Waals surface area contributed by atoms with Crippen molar-refractivity contribution in [1.82, 2.24) is 9.78 Å². The van der Waals surface area contributed by atoms with Gasteiger partial charge in [0.15, 0.2) is 5.76 Å². The first kappa shape index (κ1) is 19.6. The number of furan rings is 1. The van der Waals surface area contributed by atoms with Crippen LogP contribution >= 0.6 is 0 Å². The van der Waals surface area contributed by atoms with Gasteiger partial charge in [-0.15, -0.1) is 0 Å². The summed E-state index contributed by atoms with van der Waals surface area (Å²) in [6.07, 6.45) is 3.66. The van der Waals surface area contributed by atoms with E-state index in [1.165, 1.54) is 0 Å². The van der Waals surface area contributed by atoms with Crippen molar-refractivity contribution < 1.29 is 13.9 Å². The average molecular weight is 423 g/mol. The van der Waals surface area contributed by atoms with Crippen molar-refractivity contribution in [3.8, 4) is 5.75 Å². The van der Waals surface area contributed by atoms with Crippen molar-refractivity contribution in [2.24, 2.45) is 0 Å². The van der Waals surface area contributed by atoms with E-state index in [1.807, 2.05) is 95.8 Å². The summed E-state index contributed by atoms with van der Waals surface area (Å²) in [6, 6.07) is 26.7. The summed E-state index contributed by atoms with van der Waals surface area (Å²) in [5, 5.41) is 8.01. The van der Waals surface area contributed by atoms with Crippen molar-refractivity contribution in [3.63, 3.8) is 0 Å². The SMILES string of the molecule is O=C(Nc1ccc(Cn2cccn2)cc1)c1oc2ccccc2c1COc1ccccc1. The fourth-order valence-electron chi connectivity index (χ4n) is 3.56. The van der Waals surface area contributed by atoms with Crippen LogP contribution in [0.1, 0.15) is 21.7 Å². The van der Waals surface area contributed by atoms with Crippen molar-refractivity contribution in [3.05, 3.63) is 114 Å². The van der Waals surface area contributed by atoms with Crippen molar-refractivity contribution in [2.75, 3.05) is 5.32 Å². The Morgan fingerprint density at radius 3 is 2.50 bits per heavy atom. The Hall–Kier alpha value is -4.32. The molecule has 0 radical (unpaired) electrons. The van der Waals surface area contributed by atoms with E-state index in [-0.39, 0.29) is 18.3 Å². The van der Waals surface area contributed by atoms with Gasteiger partial charge in [-0.2, -0.15) is 5.10 Å². The number of carbonyl (C=O) groups excluding carboxylic acids is 1. The fraction of sp³-hybridized carbons (Fsp3) is 0.0769. The second kappa shape index (κ2) is 8.81. The predicted octanol–water partition coefficient (Wildman–Crippen LogP) is 5.51. The Bertz CT molecular complexity index is 1320. The van der Waals surface area contributed by atoms with E-state index in [0.717, 1.165) is 22.3 Å². The van der Waals surface area contributed by atoms with Gasteiger partial charge < -0.3 is 14.5 Å². The van der Waals surface area contributed by atoms with E-state index in [9.17, 15) is 4.79 Å². The lowest BCUT2D eigenvalue weighted by molar-refractivity contribution is 0.0995. The van der Waals surface area contributed by atoms with Gasteiger partial charge in [0.1, 0.15) is 17.9 Å². The standard InChI is InChI=1S/C26H21N3O3/c30-26(28-20-13-11-19(12-14-20)17-29-16-6-15-27-29)25-23(18-31-21-7-2-1-3-8-21)22-9-4-5-10-24(22)32-25/h1-16H,17-18H2,(H,28,30). The van der Waals surface area contributed by atoms with Gasteiger partial charge in [0, 0.05) is 29.0 Å². The van der Waals surface area contributed by atoms with Crippen LogP contribution in [0.25, 0.3) is 11.0 Å². The molecule has 32 heavy (non-hydrogen) atoms. The lowest BCUT2D eigenvalue weighted by Gasteiger charge is -2.08. The van der Waals surface area contributed by atoms with E-state index in [4.69, 9.17) is 9.15 Å². The Morgan fingerprint density at radius 1 is 0.938 bits per heavy atom. The highest BCUT2D eigenvalue weighted by molar-refractivity contribution is 6.06. The minimum absolute atomic E-state index is 0.229. The van der Waals surface area contributed by atoms with E-state index in [0.29, 0.717) is 17.8 Å². The van der Waals surface area contributed by atoms with Crippen molar-refractivity contribution >= 4 is 22.6 Å². The third-order valence-corrected chi connectivity index (χ3v) is 5.15. The Balaban J connectivity index is 1.35. The number of ether oxygens (including phenoxy) is 1. The van der Waals surface area contributed by atoms with Crippen LogP contribution in [-0.2, 0) is 13.2 Å². The number of aromatic nitrogens is 2. The molecule has 0 unspecified atom stereocenters. The van der Waals surface area contributed by atoms with E-state index in [1.54, 1.807) is 6.20 Å². The second-order valence-electron chi connectivity index (χ2n) is 7.36. The Kier molecular flexibility index (Phi) is 5.41. The largest absolute Gasteiger partial charge is 0.489 e. The quantitative estimate of drug-likeness (QED) is 0.375. The number of nitrogens with one attached hydrogen (secondary N) is 1. The van der Waals surface area contributed by atoms with Crippen LogP contribution in [0.2, 0.25) is 0 Å². The summed E-state index contributed by atoms with van der Waals surface area (Å²) in [7, 11) is 0. The number of hydrogen-bond donors (Lipinski definition) is 1. The normalized spacial score (nSPS) is 10.9. The van der Waals surface area contributed by atoms with Crippen molar-refractivity contribution in [1.29, 1.82) is 0 Å². The molecule has 0 spiro atoms. The van der Waals surface area contributed by atoms with Gasteiger partial charge in [0.25, 0.3) is 5.91 Å². The zero-order valence-corrected chi connectivity index (χ0v) is 17.3. The number of anilines is 1. The molecule has 0 saturated heterocycles. The van der Waals surface area contributed by atoms with Gasteiger partial charge in [-0.3, -0.25) is 9.48 Å². The van der Waals surface area contributed by atoms with Crippen LogP contribution in [-0.4, -0.2) is 15.7 Å². The van der Waals surface area contributed by atoms with Crippen LogP contribution in [0.4, 0.5) is 5.69 Å². The molecule has 0 aliphatic carbocycles. The maximum atomic E-state index is 13.1. The zero-order valence-electron chi connectivity index (χ0n) is 17.3. The number of rotatable bonds is 7. The van der Waals surface area contributed by atoms with Gasteiger partial charge in [0.2, 0.25) is 0 Å². The molecule has 5 aromatic rings. The number of hydrogen-bond acceptors (Lipinski definition) is 4. The number of amides is 1. The highest BCUT2D eigenvalue weighted by Gasteiger charge is 2.21. The van der Waals surface area contributed by atoms with Gasteiger partial charge >= 0.3 is 0 Å². The molecule has 0 bridgehead atoms. The molecule has 0 saturated carbocycles. The van der Waals surface area contributed by atoms with E-state index in [2.05, 4.69) is 10.4 Å². The maximum absolute atomic E-state index is 13.1. The van der Waals surface area contributed by atoms with Gasteiger partial charge in [-0.25, -0.2) is 0 Å². The molecular formula is C26H21N3O3. The molecule has 5 rings (SSSR count). The number of carbonyl (C=O) groups is 1. The summed E-state index contributed by atoms with van der Waals surface area (Å²) in [4.78, 5) is 13.1. The smallest absolute Gasteiger partial charge is 0.291 e. The van der Waals surface area contributed by atoms with E-state index >= 15 is 0 Å². The molecular weight excluding hydrogens is 402 g/mol. The van der Waals surface area contributed by atoms with Gasteiger partial charge in [-0.05, 0) is 42.0 Å². The first-order valence-electron chi connectivity index (χ1n) is 10.3. The van der Waals surface area contributed by atoms with Crippen LogP contribution in [0, 0.1) is 0 Å². The van der Waals surface area contributed by atoms with Crippen LogP contribution < -0.4 is 10.1 Å². The summed E-state index contributed by atoms with van der Waals surface area (Å²) in [6.45, 7) is 0.901. The minimum atomic E-state index is -0.312. The minimum Gasteiger partial charge on any atom is -0.489 e. The lowest BCUT2D eigenvalue weighted by atomic mass is 10.1. The third kappa shape index (κ3) is 4.25. The van der Waals surface area contributed by atoms with Crippen LogP contribution in [0.3, 0.4) is 0 Å². The molecule has 0 aliphatic rings. The summed E-state index contributed by atoms with van der Waals surface area (Å²) < 4.78 is 13.7. The topological polar surface area (TPSA) is 69.3 Å². The van der Waals surface area contributed by atoms with Crippen LogP contribution in [0.15, 0.2) is 102 Å². The molecule has 0 aliphatic heterocycles. The molecule has 1 N–H and O–H groups in total. The highest BCUT2D eigenvalue weighted by Crippen LogP contribution is 2.28. The third-order valence-electron chi connectivity index (χ3n) is 5.15. The van der Waals surface area contributed by atoms with E-state index < -0.39 is 0 Å². The number of para-hydroxylation sites is 2. The summed E-state index contributed by atoms with van der Waals surface area (Å²) in [5.41, 5.74) is 3.15. The first-order valence-corrected chi connectivity index (χ1v) is 10.3. The molecule has 0 atom stereocenters. The Labute approximate surface area is 185 Å². The highest BCUT2D eigenvalue weighted by atomic mass is 16.5. The molecule has 2 aromatic heterocycles. The van der Waals surface area contributed by atoms with Gasteiger partial charge in [-0.1, -0.05) is 48.5 Å². The second-order valence-corrected chi connectivity index (χ2v) is 7.36. The summed E-state index contributed by atoms with van der Waals surface area (Å²) in [5.74, 6) is 0.673. The molecule has 2 heterocycles. The number of nitrogens with zero attached hydrogens (tertiary/aromatic N) is 2. The zero-order chi connectivity index (χ0) is 21.8. The molecule has 3 aromatic carbocycles.